The summed E-state index contributed by atoms with van der Waals surface area (Å²) in [6.45, 7) is 5.54. The Kier molecular flexibility index (Phi) is 6.78. The van der Waals surface area contributed by atoms with Crippen LogP contribution in [0.5, 0.6) is 0 Å². The average Bonchev–Trinajstić information content (AvgIpc) is 3.14. The maximum atomic E-state index is 13.2. The highest BCUT2D eigenvalue weighted by atomic mass is 35.5. The van der Waals surface area contributed by atoms with Gasteiger partial charge in [-0.25, -0.2) is 8.42 Å². The molecule has 0 aromatic heterocycles. The first-order valence-electron chi connectivity index (χ1n) is 10.3. The summed E-state index contributed by atoms with van der Waals surface area (Å²) in [6, 6.07) is 10.3. The van der Waals surface area contributed by atoms with Gasteiger partial charge >= 0.3 is 0 Å². The minimum absolute atomic E-state index is 0.223. The summed E-state index contributed by atoms with van der Waals surface area (Å²) in [4.78, 5) is 13.2. The third-order valence-electron chi connectivity index (χ3n) is 5.72. The van der Waals surface area contributed by atoms with Crippen LogP contribution in [0.1, 0.15) is 55.0 Å². The predicted molar refractivity (Wildman–Crippen MR) is 123 cm³/mol. The number of amides is 1. The van der Waals surface area contributed by atoms with Crippen LogP contribution in [0.3, 0.4) is 0 Å². The lowest BCUT2D eigenvalue weighted by atomic mass is 10.0. The van der Waals surface area contributed by atoms with Crippen molar-refractivity contribution in [1.29, 1.82) is 0 Å². The van der Waals surface area contributed by atoms with Crippen molar-refractivity contribution >= 4 is 33.2 Å². The molecule has 1 aliphatic rings. The Bertz CT molecular complexity index is 1050. The molecule has 0 aliphatic heterocycles. The van der Waals surface area contributed by atoms with E-state index in [-0.39, 0.29) is 11.9 Å². The number of benzene rings is 2. The SMILES string of the molecule is CC[C@H](C(=O)N[C@H](C)c1ccc2c(c1)CCC2)N(c1cc(Cl)ccc1C)S(C)(=O)=O. The van der Waals surface area contributed by atoms with Crippen LogP contribution in [0.4, 0.5) is 5.69 Å². The highest BCUT2D eigenvalue weighted by molar-refractivity contribution is 7.92. The second-order valence-corrected chi connectivity index (χ2v) is 10.3. The Morgan fingerprint density at radius 3 is 2.53 bits per heavy atom. The first-order chi connectivity index (χ1) is 14.1. The zero-order chi connectivity index (χ0) is 22.1. The van der Waals surface area contributed by atoms with Crippen LogP contribution < -0.4 is 9.62 Å². The van der Waals surface area contributed by atoms with Gasteiger partial charge in [0, 0.05) is 5.02 Å². The van der Waals surface area contributed by atoms with Gasteiger partial charge in [-0.2, -0.15) is 0 Å². The Morgan fingerprint density at radius 2 is 1.87 bits per heavy atom. The van der Waals surface area contributed by atoms with Crippen LogP contribution in [-0.2, 0) is 27.7 Å². The van der Waals surface area contributed by atoms with E-state index < -0.39 is 16.1 Å². The Morgan fingerprint density at radius 1 is 1.17 bits per heavy atom. The summed E-state index contributed by atoms with van der Waals surface area (Å²) in [6.07, 6.45) is 4.79. The molecule has 7 heteroatoms. The molecule has 2 aromatic carbocycles. The molecule has 0 unspecified atom stereocenters. The van der Waals surface area contributed by atoms with Crippen LogP contribution >= 0.6 is 11.6 Å². The second kappa shape index (κ2) is 8.98. The number of hydrogen-bond acceptors (Lipinski definition) is 3. The summed E-state index contributed by atoms with van der Waals surface area (Å²) >= 11 is 6.13. The van der Waals surface area contributed by atoms with E-state index in [4.69, 9.17) is 11.6 Å². The molecule has 0 spiro atoms. The zero-order valence-corrected chi connectivity index (χ0v) is 19.5. The Labute approximate surface area is 184 Å². The highest BCUT2D eigenvalue weighted by Crippen LogP contribution is 2.30. The smallest absolute Gasteiger partial charge is 0.244 e. The maximum absolute atomic E-state index is 13.2. The minimum atomic E-state index is -3.71. The van der Waals surface area contributed by atoms with Gasteiger partial charge in [-0.15, -0.1) is 0 Å². The molecule has 0 fully saturated rings. The lowest BCUT2D eigenvalue weighted by Gasteiger charge is -2.32. The molecule has 0 heterocycles. The van der Waals surface area contributed by atoms with Gasteiger partial charge in [0.1, 0.15) is 6.04 Å². The fourth-order valence-corrected chi connectivity index (χ4v) is 5.54. The van der Waals surface area contributed by atoms with Crippen molar-refractivity contribution in [2.45, 2.75) is 58.5 Å². The van der Waals surface area contributed by atoms with Crippen molar-refractivity contribution in [1.82, 2.24) is 5.32 Å². The molecule has 0 radical (unpaired) electrons. The molecule has 162 valence electrons. The average molecular weight is 449 g/mol. The van der Waals surface area contributed by atoms with E-state index in [2.05, 4.69) is 17.4 Å². The lowest BCUT2D eigenvalue weighted by Crippen LogP contribution is -2.50. The molecule has 1 aliphatic carbocycles. The van der Waals surface area contributed by atoms with E-state index in [1.807, 2.05) is 26.8 Å². The number of carbonyl (C=O) groups excluding carboxylic acids is 1. The minimum Gasteiger partial charge on any atom is -0.348 e. The van der Waals surface area contributed by atoms with Gasteiger partial charge in [0.15, 0.2) is 0 Å². The summed E-state index contributed by atoms with van der Waals surface area (Å²) in [5.74, 6) is -0.324. The number of nitrogens with zero attached hydrogens (tertiary/aromatic N) is 1. The number of hydrogen-bond donors (Lipinski definition) is 1. The molecule has 2 atom stereocenters. The third kappa shape index (κ3) is 4.81. The molecule has 0 bridgehead atoms. The molecule has 2 aromatic rings. The van der Waals surface area contributed by atoms with E-state index >= 15 is 0 Å². The van der Waals surface area contributed by atoms with E-state index in [1.165, 1.54) is 21.9 Å². The maximum Gasteiger partial charge on any atom is 0.244 e. The first kappa shape index (κ1) is 22.6. The second-order valence-electron chi connectivity index (χ2n) is 8.03. The first-order valence-corrected chi connectivity index (χ1v) is 12.5. The monoisotopic (exact) mass is 448 g/mol. The van der Waals surface area contributed by atoms with Gasteiger partial charge in [0.2, 0.25) is 15.9 Å². The zero-order valence-electron chi connectivity index (χ0n) is 17.9. The number of rotatable bonds is 7. The van der Waals surface area contributed by atoms with Gasteiger partial charge in [-0.05, 0) is 73.9 Å². The van der Waals surface area contributed by atoms with Crippen LogP contribution in [0, 0.1) is 6.92 Å². The van der Waals surface area contributed by atoms with Gasteiger partial charge in [-0.1, -0.05) is 42.8 Å². The van der Waals surface area contributed by atoms with E-state index in [1.54, 1.807) is 18.2 Å². The van der Waals surface area contributed by atoms with Crippen LogP contribution in [0.15, 0.2) is 36.4 Å². The quantitative estimate of drug-likeness (QED) is 0.675. The number of sulfonamides is 1. The molecule has 1 amide bonds. The van der Waals surface area contributed by atoms with Crippen molar-refractivity contribution in [3.8, 4) is 0 Å². The molecule has 30 heavy (non-hydrogen) atoms. The van der Waals surface area contributed by atoms with Gasteiger partial charge < -0.3 is 5.32 Å². The van der Waals surface area contributed by atoms with E-state index in [9.17, 15) is 13.2 Å². The van der Waals surface area contributed by atoms with Crippen molar-refractivity contribution in [3.63, 3.8) is 0 Å². The van der Waals surface area contributed by atoms with Crippen LogP contribution in [0.25, 0.3) is 0 Å². The van der Waals surface area contributed by atoms with Crippen molar-refractivity contribution in [3.05, 3.63) is 63.7 Å². The number of carbonyl (C=O) groups is 1. The summed E-state index contributed by atoms with van der Waals surface area (Å²) < 4.78 is 26.6. The summed E-state index contributed by atoms with van der Waals surface area (Å²) in [5, 5.41) is 3.44. The molecule has 1 N–H and O–H groups in total. The lowest BCUT2D eigenvalue weighted by molar-refractivity contribution is -0.122. The summed E-state index contributed by atoms with van der Waals surface area (Å²) in [5.41, 5.74) is 4.92. The van der Waals surface area contributed by atoms with Crippen molar-refractivity contribution in [2.24, 2.45) is 0 Å². The van der Waals surface area contributed by atoms with Gasteiger partial charge in [0.05, 0.1) is 18.0 Å². The molecule has 0 saturated heterocycles. The van der Waals surface area contributed by atoms with Crippen molar-refractivity contribution in [2.75, 3.05) is 10.6 Å². The molecular formula is C23H29ClN2O3S. The molecule has 5 nitrogen and oxygen atoms in total. The number of anilines is 1. The van der Waals surface area contributed by atoms with E-state index in [0.717, 1.165) is 30.2 Å². The number of aryl methyl sites for hydroxylation is 3. The molecular weight excluding hydrogens is 420 g/mol. The predicted octanol–water partition coefficient (Wildman–Crippen LogP) is 4.56. The van der Waals surface area contributed by atoms with Crippen LogP contribution in [0.2, 0.25) is 5.02 Å². The number of fused-ring (bicyclic) bond motifs is 1. The van der Waals surface area contributed by atoms with Crippen molar-refractivity contribution < 1.29 is 13.2 Å². The number of nitrogens with one attached hydrogen (secondary N) is 1. The van der Waals surface area contributed by atoms with Gasteiger partial charge in [-0.3, -0.25) is 9.10 Å². The van der Waals surface area contributed by atoms with E-state index in [0.29, 0.717) is 17.1 Å². The fraction of sp³-hybridized carbons (Fsp3) is 0.435. The summed E-state index contributed by atoms with van der Waals surface area (Å²) in [7, 11) is -3.71. The normalized spacial score (nSPS) is 15.4. The topological polar surface area (TPSA) is 66.5 Å². The Balaban J connectivity index is 1.88. The highest BCUT2D eigenvalue weighted by Gasteiger charge is 2.33. The third-order valence-corrected chi connectivity index (χ3v) is 7.12. The standard InChI is InChI=1S/C23H29ClN2O3S/c1-5-21(26(30(4,28)29)22-14-20(24)12-9-15(22)2)23(27)25-16(3)18-11-10-17-7-6-8-19(17)13-18/h9-14,16,21H,5-8H2,1-4H3,(H,25,27)/t16-,21-/m1/s1. The Hall–Kier alpha value is -2.05. The molecule has 0 saturated carbocycles. The number of halogens is 1. The largest absolute Gasteiger partial charge is 0.348 e. The fourth-order valence-electron chi connectivity index (χ4n) is 4.11. The van der Waals surface area contributed by atoms with Crippen LogP contribution in [-0.4, -0.2) is 26.6 Å². The van der Waals surface area contributed by atoms with Gasteiger partial charge in [0.25, 0.3) is 0 Å². The molecule has 3 rings (SSSR count).